The molecular formula is C81H108Br3Cl3F3N19O7P2PdS10. The number of Topliss-reactive ketones (excluding diaryl/α,β-unsaturated/α-hetero) is 1. The van der Waals surface area contributed by atoms with E-state index in [4.69, 9.17) is 51.6 Å². The van der Waals surface area contributed by atoms with Crippen molar-refractivity contribution in [3.8, 4) is 32.1 Å². The number of alkyl halides is 3. The van der Waals surface area contributed by atoms with Gasteiger partial charge in [-0.2, -0.15) is 54.4 Å². The number of aryl methyl sites for hydroxylation is 6. The molecule has 12 aromatic rings. The zero-order valence-corrected chi connectivity index (χ0v) is 95.1. The van der Waals surface area contributed by atoms with Crippen LogP contribution in [0.2, 0.25) is 4.47 Å². The fraction of sp³-hybridized carbons (Fsp3) is 0.481. The molecule has 48 heteroatoms. The Morgan fingerprint density at radius 2 is 0.744 bits per heavy atom. The Labute approximate surface area is 840 Å². The van der Waals surface area contributed by atoms with E-state index in [0.717, 1.165) is 81.9 Å². The number of ether oxygens (including phenoxy) is 2. The van der Waals surface area contributed by atoms with Gasteiger partial charge in [0.15, 0.2) is 22.6 Å². The molecule has 3 aromatic carbocycles. The van der Waals surface area contributed by atoms with Crippen LogP contribution in [0.15, 0.2) is 91.9 Å². The van der Waals surface area contributed by atoms with Crippen LogP contribution < -0.4 is 31.9 Å². The normalized spacial score (nSPS) is 11.7. The molecule has 0 fully saturated rings. The fourth-order valence-electron chi connectivity index (χ4n) is 11.8. The van der Waals surface area contributed by atoms with E-state index >= 15 is 0 Å². The van der Waals surface area contributed by atoms with Crippen LogP contribution >= 0.6 is 197 Å². The van der Waals surface area contributed by atoms with Crippen LogP contribution in [-0.4, -0.2) is 163 Å². The molecule has 0 bridgehead atoms. The molecule has 0 saturated heterocycles. The minimum absolute atomic E-state index is 0.0249. The van der Waals surface area contributed by atoms with Crippen molar-refractivity contribution in [2.75, 3.05) is 49.5 Å². The third-order valence-corrected chi connectivity index (χ3v) is 33.1. The zero-order valence-electron chi connectivity index (χ0n) is 76.6. The topological polar surface area (TPSA) is 356 Å². The summed E-state index contributed by atoms with van der Waals surface area (Å²) in [4.78, 5) is 78.9. The summed E-state index contributed by atoms with van der Waals surface area (Å²) < 4.78 is 97.0. The van der Waals surface area contributed by atoms with E-state index in [-0.39, 0.29) is 75.2 Å². The van der Waals surface area contributed by atoms with Crippen LogP contribution in [0.25, 0.3) is 32.1 Å². The number of benzene rings is 3. The number of halogens is 9. The van der Waals surface area contributed by atoms with Gasteiger partial charge < -0.3 is 30.7 Å². The Morgan fingerprint density at radius 3 is 1.00 bits per heavy atom. The summed E-state index contributed by atoms with van der Waals surface area (Å²) in [5.74, 6) is 1.10. The Hall–Kier alpha value is -4.71. The molecular weight excluding hydrogens is 2240 g/mol. The molecule has 4 N–H and O–H groups in total. The van der Waals surface area contributed by atoms with Gasteiger partial charge in [-0.05, 0) is 262 Å². The maximum atomic E-state index is 12.6. The molecule has 12 rings (SSSR count). The summed E-state index contributed by atoms with van der Waals surface area (Å²) >= 11 is 26.2. The van der Waals surface area contributed by atoms with Crippen LogP contribution in [0, 0.1) is 41.5 Å². The van der Waals surface area contributed by atoms with E-state index in [2.05, 4.69) is 288 Å². The van der Waals surface area contributed by atoms with Gasteiger partial charge in [0.05, 0.1) is 70.9 Å². The van der Waals surface area contributed by atoms with Gasteiger partial charge >= 0.3 is 52.4 Å². The van der Waals surface area contributed by atoms with Crippen LogP contribution in [0.5, 0.6) is 0 Å². The number of nitrogen functional groups attached to an aromatic ring is 2. The van der Waals surface area contributed by atoms with Crippen molar-refractivity contribution in [1.82, 2.24) is 71.1 Å². The van der Waals surface area contributed by atoms with Crippen LogP contribution in [0.4, 0.5) is 34.8 Å². The van der Waals surface area contributed by atoms with Crippen LogP contribution in [0.1, 0.15) is 177 Å². The first-order chi connectivity index (χ1) is 59.3. The van der Waals surface area contributed by atoms with Crippen molar-refractivity contribution >= 4 is 257 Å². The quantitative estimate of drug-likeness (QED) is 0.0515. The van der Waals surface area contributed by atoms with Gasteiger partial charge in [0.25, 0.3) is 9.84 Å². The van der Waals surface area contributed by atoms with Crippen molar-refractivity contribution in [1.29, 1.82) is 0 Å². The zero-order chi connectivity index (χ0) is 98.0. The number of hydrogen-bond acceptors (Lipinski definition) is 35. The number of ketones is 1. The van der Waals surface area contributed by atoms with Gasteiger partial charge in [0.2, 0.25) is 23.8 Å². The van der Waals surface area contributed by atoms with E-state index in [1.807, 2.05) is 83.1 Å². The SMILES string of the molecule is CC(C)(C)OC(=O)Cc1nc(Br)ns1.CN(C)c1ccc(P(C(C)(C)C)C(C)(C)C)cc1.CN(C)c1ccc(P(C(C)(C)C)C(C)(C)C)cc1.Cc1nc(C)c(-c2nsc(CC(=O)Cc3ccc(S(=O)(=O)C(F)(F)F)cc3)n2)s1.Cc1nc(C)c(-c2nsc(CC(=O)OC(C)(C)C)n2)s1.Cc1nc(C)c(-c2nsc(N)n2)s1.Clc1nc(Br)ns1.Nc1nc(Br)ns1.[Cl][Pd][Cl]. The third kappa shape index (κ3) is 41.8. The molecule has 0 amide bonds. The number of rotatable bonds is 16. The minimum atomic E-state index is -5.40. The predicted octanol–water partition coefficient (Wildman–Crippen LogP) is 24.3. The first-order valence-electron chi connectivity index (χ1n) is 38.6. The van der Waals surface area contributed by atoms with Gasteiger partial charge in [-0.3, -0.25) is 14.4 Å². The number of anilines is 4. The van der Waals surface area contributed by atoms with E-state index < -0.39 is 31.4 Å². The van der Waals surface area contributed by atoms with Crippen molar-refractivity contribution < 1.29 is 61.4 Å². The number of carbonyl (C=O) groups excluding carboxylic acids is 3. The molecule has 129 heavy (non-hydrogen) atoms. The molecule has 9 heterocycles. The average molecular weight is 2350 g/mol. The van der Waals surface area contributed by atoms with E-state index in [1.165, 1.54) is 91.6 Å². The molecule has 0 atom stereocenters. The van der Waals surface area contributed by atoms with E-state index in [0.29, 0.717) is 87.6 Å². The van der Waals surface area contributed by atoms with Gasteiger partial charge in [-0.1, -0.05) is 135 Å². The summed E-state index contributed by atoms with van der Waals surface area (Å²) in [6, 6.07) is 22.3. The molecule has 0 aliphatic rings. The maximum absolute atomic E-state index is 12.6. The summed E-state index contributed by atoms with van der Waals surface area (Å²) in [7, 11) is 12.2. The van der Waals surface area contributed by atoms with Crippen molar-refractivity contribution in [2.45, 2.75) is 234 Å². The molecule has 26 nitrogen and oxygen atoms in total. The second kappa shape index (κ2) is 52.0. The standard InChI is InChI=1S/C17H14F3N3O3S3.2C16H28NP.C13H17N3O2S2.C8H11BrN2O2S.C7H8N4S2.C2BrClN2S.C2H2BrN3S.2ClH.Pd/c1-9-15(27-10(2)21-9)16-22-14(28-23-16)8-12(24)7-11-3-5-13(6-4-11)29(25,26)17(18,19)20;2*1-15(2,3)18(16(4,5)6)14-11-9-13(10-12-14)17(7)8;1-7-11(19-8(2)14-7)12-15-9(20-16-12)6-10(17)18-13(3,4)5;1-8(2,3)13-6(12)4-5-10-7(9)11-14-5;1-3-5(12-4(2)9-3)6-10-7(8)13-11-6;2*3-1-5-2(4)7-6-1;;;/h3-6H,7-8H2,1-2H3;2*9-12H,1-8H3;6H2,1-5H3;4H2,1-3H3;1-2H3,(H2,8,10,11);;(H2,4,5,6);2*1H;/q;;;;;;;;;;+2/p-2. The molecule has 9 aromatic heterocycles. The summed E-state index contributed by atoms with van der Waals surface area (Å²) in [5.41, 5.74) is 10.1. The average Bonchev–Trinajstić information content (AvgIpc) is 1.35. The number of nitrogens with two attached hydrogens (primary N) is 2. The van der Waals surface area contributed by atoms with E-state index in [9.17, 15) is 36.0 Å². The Morgan fingerprint density at radius 1 is 0.434 bits per heavy atom. The third-order valence-electron chi connectivity index (χ3n) is 15.6. The predicted molar refractivity (Wildman–Crippen MR) is 545 cm³/mol. The number of esters is 2. The van der Waals surface area contributed by atoms with E-state index in [1.54, 1.807) is 22.7 Å². The monoisotopic (exact) mass is 2350 g/mol. The van der Waals surface area contributed by atoms with Crippen molar-refractivity contribution in [2.24, 2.45) is 0 Å². The Kier molecular flexibility index (Phi) is 47.0. The number of thiazole rings is 3. The van der Waals surface area contributed by atoms with Gasteiger partial charge in [-0.15, -0.1) is 34.0 Å². The summed E-state index contributed by atoms with van der Waals surface area (Å²) in [5, 5.41) is 10.1. The number of carbonyl (C=O) groups is 3. The summed E-state index contributed by atoms with van der Waals surface area (Å²) in [6.07, 6.45) is 0.309. The van der Waals surface area contributed by atoms with Gasteiger partial charge in [0.1, 0.15) is 32.0 Å². The molecule has 0 aliphatic heterocycles. The molecule has 0 aliphatic carbocycles. The Bertz CT molecular complexity index is 5450. The second-order valence-corrected chi connectivity index (χ2v) is 57.0. The Balaban J connectivity index is 0.000000317. The first-order valence-corrected chi connectivity index (χ1v) is 56.6. The number of sulfone groups is 1. The van der Waals surface area contributed by atoms with Crippen molar-refractivity contribution in [3.63, 3.8) is 0 Å². The fourth-order valence-corrected chi connectivity index (χ4v) is 28.2. The second-order valence-electron chi connectivity index (χ2n) is 33.8. The number of hydrogen-bond donors (Lipinski definition) is 2. The van der Waals surface area contributed by atoms with Crippen LogP contribution in [-0.2, 0) is 75.3 Å². The number of aromatic nitrogens is 15. The molecule has 0 unspecified atom stereocenters. The molecule has 0 radical (unpaired) electrons. The van der Waals surface area contributed by atoms with Gasteiger partial charge in [0, 0.05) is 69.1 Å². The molecule has 712 valence electrons. The summed E-state index contributed by atoms with van der Waals surface area (Å²) in [6.45, 7) is 51.0. The molecule has 0 saturated carbocycles. The molecule has 0 spiro atoms. The number of nitrogens with zero attached hydrogens (tertiary/aromatic N) is 17. The van der Waals surface area contributed by atoms with Crippen LogP contribution in [0.3, 0.4) is 0 Å². The first kappa shape index (κ1) is 117. The van der Waals surface area contributed by atoms with Crippen molar-refractivity contribution in [3.05, 3.63) is 144 Å². The van der Waals surface area contributed by atoms with Gasteiger partial charge in [-0.25, -0.2) is 38.3 Å².